The fourth-order valence-corrected chi connectivity index (χ4v) is 3.09. The van der Waals surface area contributed by atoms with E-state index in [9.17, 15) is 18.3 Å². The van der Waals surface area contributed by atoms with Crippen molar-refractivity contribution in [3.63, 3.8) is 0 Å². The van der Waals surface area contributed by atoms with Gasteiger partial charge in [0.15, 0.2) is 9.84 Å². The molecule has 0 amide bonds. The quantitative estimate of drug-likeness (QED) is 0.487. The second kappa shape index (κ2) is 7.36. The van der Waals surface area contributed by atoms with Crippen LogP contribution in [0.2, 0.25) is 0 Å². The van der Waals surface area contributed by atoms with E-state index in [2.05, 4.69) is 6.58 Å². The average molecular weight is 358 g/mol. The molecule has 0 aromatic heterocycles. The topological polar surface area (TPSA) is 80.7 Å². The normalized spacial score (nSPS) is 12.2. The fraction of sp³-hybridized carbons (Fsp3) is 0.105. The second-order valence-electron chi connectivity index (χ2n) is 5.33. The van der Waals surface area contributed by atoms with E-state index in [1.54, 1.807) is 36.4 Å². The zero-order chi connectivity index (χ0) is 18.6. The van der Waals surface area contributed by atoms with Gasteiger partial charge in [0, 0.05) is 6.26 Å². The van der Waals surface area contributed by atoms with Crippen molar-refractivity contribution in [3.8, 4) is 5.75 Å². The standard InChI is InChI=1S/C19H18O5S/c1-4-17(18(19(20)21)13-8-6-5-7-9-13)14-10-15(24-2)12-16(11-14)25(3,22)23/h4-12H,1H2,2-3H3,(H,20,21)/b18-17-. The van der Waals surface area contributed by atoms with Crippen molar-refractivity contribution in [3.05, 3.63) is 72.3 Å². The zero-order valence-corrected chi connectivity index (χ0v) is 14.7. The monoisotopic (exact) mass is 358 g/mol. The lowest BCUT2D eigenvalue weighted by atomic mass is 9.94. The number of ether oxygens (including phenoxy) is 1. The van der Waals surface area contributed by atoms with Crippen LogP contribution in [-0.2, 0) is 14.6 Å². The molecular weight excluding hydrogens is 340 g/mol. The summed E-state index contributed by atoms with van der Waals surface area (Å²) in [6.07, 6.45) is 2.48. The maximum Gasteiger partial charge on any atom is 0.336 e. The third-order valence-electron chi connectivity index (χ3n) is 3.60. The van der Waals surface area contributed by atoms with Crippen LogP contribution in [0.3, 0.4) is 0 Å². The molecule has 0 bridgehead atoms. The Bertz CT molecular complexity index is 941. The van der Waals surface area contributed by atoms with Crippen molar-refractivity contribution in [2.45, 2.75) is 4.90 Å². The van der Waals surface area contributed by atoms with Crippen LogP contribution in [0, 0.1) is 0 Å². The number of carboxylic acid groups (broad SMARTS) is 1. The van der Waals surface area contributed by atoms with Gasteiger partial charge >= 0.3 is 5.97 Å². The lowest BCUT2D eigenvalue weighted by molar-refractivity contribution is -0.130. The number of carbonyl (C=O) groups is 1. The molecule has 0 unspecified atom stereocenters. The molecule has 0 saturated heterocycles. The van der Waals surface area contributed by atoms with Gasteiger partial charge in [0.05, 0.1) is 17.6 Å². The maximum atomic E-state index is 11.9. The fourth-order valence-electron chi connectivity index (χ4n) is 2.42. The van der Waals surface area contributed by atoms with Gasteiger partial charge in [0.1, 0.15) is 5.75 Å². The van der Waals surface area contributed by atoms with Crippen molar-refractivity contribution in [1.29, 1.82) is 0 Å². The molecule has 0 aliphatic carbocycles. The molecule has 6 heteroatoms. The number of aliphatic carboxylic acids is 1. The summed E-state index contributed by atoms with van der Waals surface area (Å²) in [5.74, 6) is -0.820. The SMILES string of the molecule is C=C/C(=C(/C(=O)O)c1ccccc1)c1cc(OC)cc(S(C)(=O)=O)c1. The Morgan fingerprint density at radius 1 is 1.12 bits per heavy atom. The molecule has 0 saturated carbocycles. The molecule has 5 nitrogen and oxygen atoms in total. The number of carboxylic acids is 1. The molecular formula is C19H18O5S. The number of rotatable bonds is 6. The number of hydrogen-bond acceptors (Lipinski definition) is 4. The van der Waals surface area contributed by atoms with Gasteiger partial charge in [-0.2, -0.15) is 0 Å². The summed E-state index contributed by atoms with van der Waals surface area (Å²) < 4.78 is 29.0. The molecule has 2 aromatic carbocycles. The smallest absolute Gasteiger partial charge is 0.336 e. The van der Waals surface area contributed by atoms with E-state index in [-0.39, 0.29) is 10.5 Å². The van der Waals surface area contributed by atoms with Crippen LogP contribution in [0.25, 0.3) is 11.1 Å². The first-order chi connectivity index (χ1) is 11.8. The number of allylic oxidation sites excluding steroid dienone is 2. The Kier molecular flexibility index (Phi) is 5.44. The third kappa shape index (κ3) is 4.16. The van der Waals surface area contributed by atoms with Gasteiger partial charge in [-0.05, 0) is 34.9 Å². The number of methoxy groups -OCH3 is 1. The van der Waals surface area contributed by atoms with E-state index in [0.717, 1.165) is 6.26 Å². The van der Waals surface area contributed by atoms with E-state index in [1.807, 2.05) is 0 Å². The van der Waals surface area contributed by atoms with Crippen molar-refractivity contribution >= 4 is 27.0 Å². The summed E-state index contributed by atoms with van der Waals surface area (Å²) in [4.78, 5) is 11.9. The number of sulfone groups is 1. The van der Waals surface area contributed by atoms with E-state index < -0.39 is 15.8 Å². The third-order valence-corrected chi connectivity index (χ3v) is 4.70. The Hall–Kier alpha value is -2.86. The van der Waals surface area contributed by atoms with Gasteiger partial charge in [-0.25, -0.2) is 13.2 Å². The Labute approximate surface area is 146 Å². The molecule has 25 heavy (non-hydrogen) atoms. The van der Waals surface area contributed by atoms with E-state index in [1.165, 1.54) is 25.3 Å². The largest absolute Gasteiger partial charge is 0.497 e. The summed E-state index contributed by atoms with van der Waals surface area (Å²) in [5.41, 5.74) is 1.23. The van der Waals surface area contributed by atoms with Gasteiger partial charge in [0.2, 0.25) is 0 Å². The molecule has 0 radical (unpaired) electrons. The Morgan fingerprint density at radius 3 is 2.24 bits per heavy atom. The van der Waals surface area contributed by atoms with E-state index in [4.69, 9.17) is 4.74 Å². The second-order valence-corrected chi connectivity index (χ2v) is 7.35. The molecule has 2 aromatic rings. The highest BCUT2D eigenvalue weighted by Gasteiger charge is 2.19. The minimum atomic E-state index is -3.49. The van der Waals surface area contributed by atoms with Crippen molar-refractivity contribution < 1.29 is 23.1 Å². The first kappa shape index (κ1) is 18.5. The lowest BCUT2D eigenvalue weighted by Gasteiger charge is -2.13. The summed E-state index contributed by atoms with van der Waals surface area (Å²) in [6, 6.07) is 13.0. The van der Waals surface area contributed by atoms with Gasteiger partial charge in [-0.1, -0.05) is 43.0 Å². The van der Waals surface area contributed by atoms with Crippen molar-refractivity contribution in [2.75, 3.05) is 13.4 Å². The molecule has 1 N–H and O–H groups in total. The Balaban J connectivity index is 2.83. The number of benzene rings is 2. The number of hydrogen-bond donors (Lipinski definition) is 1. The summed E-state index contributed by atoms with van der Waals surface area (Å²) in [6.45, 7) is 3.70. The Morgan fingerprint density at radius 2 is 1.76 bits per heavy atom. The predicted molar refractivity (Wildman–Crippen MR) is 97.2 cm³/mol. The van der Waals surface area contributed by atoms with Gasteiger partial charge < -0.3 is 9.84 Å². The summed E-state index contributed by atoms with van der Waals surface area (Å²) in [7, 11) is -2.08. The van der Waals surface area contributed by atoms with E-state index >= 15 is 0 Å². The highest BCUT2D eigenvalue weighted by Crippen LogP contribution is 2.31. The molecule has 0 spiro atoms. The average Bonchev–Trinajstić information content (AvgIpc) is 2.58. The van der Waals surface area contributed by atoms with Gasteiger partial charge in [0.25, 0.3) is 0 Å². The van der Waals surface area contributed by atoms with Crippen LogP contribution in [0.5, 0.6) is 5.75 Å². The minimum Gasteiger partial charge on any atom is -0.497 e. The summed E-state index contributed by atoms with van der Waals surface area (Å²) in [5, 5.41) is 9.69. The van der Waals surface area contributed by atoms with Crippen LogP contribution in [-0.4, -0.2) is 32.9 Å². The highest BCUT2D eigenvalue weighted by molar-refractivity contribution is 7.90. The van der Waals surface area contributed by atoms with Crippen LogP contribution in [0.1, 0.15) is 11.1 Å². The molecule has 0 aliphatic heterocycles. The molecule has 2 rings (SSSR count). The molecule has 0 heterocycles. The molecule has 130 valence electrons. The lowest BCUT2D eigenvalue weighted by Crippen LogP contribution is -2.04. The van der Waals surface area contributed by atoms with Crippen molar-refractivity contribution in [2.24, 2.45) is 0 Å². The van der Waals surface area contributed by atoms with Crippen molar-refractivity contribution in [1.82, 2.24) is 0 Å². The first-order valence-corrected chi connectivity index (χ1v) is 9.22. The molecule has 0 aliphatic rings. The highest BCUT2D eigenvalue weighted by atomic mass is 32.2. The van der Waals surface area contributed by atoms with Crippen LogP contribution >= 0.6 is 0 Å². The predicted octanol–water partition coefficient (Wildman–Crippen LogP) is 3.28. The van der Waals surface area contributed by atoms with Crippen LogP contribution in [0.15, 0.2) is 66.1 Å². The van der Waals surface area contributed by atoms with Crippen LogP contribution < -0.4 is 4.74 Å². The molecule has 0 fully saturated rings. The van der Waals surface area contributed by atoms with Gasteiger partial charge in [-0.15, -0.1) is 0 Å². The zero-order valence-electron chi connectivity index (χ0n) is 13.9. The maximum absolute atomic E-state index is 11.9. The summed E-state index contributed by atoms with van der Waals surface area (Å²) >= 11 is 0. The van der Waals surface area contributed by atoms with E-state index in [0.29, 0.717) is 22.4 Å². The molecule has 0 atom stereocenters. The van der Waals surface area contributed by atoms with Gasteiger partial charge in [-0.3, -0.25) is 0 Å². The minimum absolute atomic E-state index is 0.0308. The first-order valence-electron chi connectivity index (χ1n) is 7.33. The van der Waals surface area contributed by atoms with Crippen LogP contribution in [0.4, 0.5) is 0 Å².